The van der Waals surface area contributed by atoms with Crippen molar-refractivity contribution in [3.05, 3.63) is 90.0 Å². The Kier molecular flexibility index (Phi) is 10.1. The lowest BCUT2D eigenvalue weighted by Crippen LogP contribution is -2.30. The van der Waals surface area contributed by atoms with Gasteiger partial charge in [0, 0.05) is 23.8 Å². The summed E-state index contributed by atoms with van der Waals surface area (Å²) in [5.74, 6) is -0.268. The average Bonchev–Trinajstić information content (AvgIpc) is 2.94. The third kappa shape index (κ3) is 7.75. The van der Waals surface area contributed by atoms with E-state index in [-0.39, 0.29) is 41.7 Å². The van der Waals surface area contributed by atoms with E-state index in [4.69, 9.17) is 18.9 Å². The molecule has 198 valence electrons. The SMILES string of the molecule is C=C(C)C(=O)OC(COCC)COc1ccc(N=Nc2cc(C(=O)c3ccccc3)c(O)cc2OC)cc1. The van der Waals surface area contributed by atoms with E-state index >= 15 is 0 Å². The van der Waals surface area contributed by atoms with Crippen LogP contribution in [0.1, 0.15) is 29.8 Å². The number of aromatic hydroxyl groups is 1. The number of phenolic OH excluding ortho intramolecular Hbond substituents is 1. The number of ether oxygens (including phenoxy) is 4. The van der Waals surface area contributed by atoms with Gasteiger partial charge in [-0.2, -0.15) is 5.11 Å². The quantitative estimate of drug-likeness (QED) is 0.129. The highest BCUT2D eigenvalue weighted by atomic mass is 16.6. The first-order chi connectivity index (χ1) is 18.3. The fourth-order valence-electron chi connectivity index (χ4n) is 3.25. The Morgan fingerprint density at radius 3 is 2.34 bits per heavy atom. The van der Waals surface area contributed by atoms with Crippen LogP contribution >= 0.6 is 0 Å². The lowest BCUT2D eigenvalue weighted by molar-refractivity contribution is -0.149. The molecule has 0 heterocycles. The number of ketones is 1. The van der Waals surface area contributed by atoms with E-state index in [9.17, 15) is 14.7 Å². The van der Waals surface area contributed by atoms with Gasteiger partial charge in [0.05, 0.1) is 25.0 Å². The van der Waals surface area contributed by atoms with Crippen molar-refractivity contribution >= 4 is 23.1 Å². The van der Waals surface area contributed by atoms with Crippen molar-refractivity contribution < 1.29 is 33.6 Å². The Balaban J connectivity index is 1.71. The van der Waals surface area contributed by atoms with E-state index in [1.807, 2.05) is 6.92 Å². The van der Waals surface area contributed by atoms with Crippen molar-refractivity contribution in [2.75, 3.05) is 26.9 Å². The molecule has 3 rings (SSSR count). The number of rotatable bonds is 13. The molecule has 0 amide bonds. The summed E-state index contributed by atoms with van der Waals surface area (Å²) in [7, 11) is 1.44. The van der Waals surface area contributed by atoms with Gasteiger partial charge in [0.1, 0.15) is 29.5 Å². The first-order valence-electron chi connectivity index (χ1n) is 11.9. The molecule has 0 saturated carbocycles. The summed E-state index contributed by atoms with van der Waals surface area (Å²) in [4.78, 5) is 24.7. The molecule has 3 aromatic carbocycles. The molecule has 0 saturated heterocycles. The van der Waals surface area contributed by atoms with Crippen LogP contribution in [0.3, 0.4) is 0 Å². The van der Waals surface area contributed by atoms with E-state index in [2.05, 4.69) is 16.8 Å². The molecule has 1 N–H and O–H groups in total. The van der Waals surface area contributed by atoms with E-state index in [1.165, 1.54) is 19.2 Å². The lowest BCUT2D eigenvalue weighted by Gasteiger charge is -2.18. The van der Waals surface area contributed by atoms with E-state index in [0.29, 0.717) is 29.2 Å². The number of carbonyl (C=O) groups is 2. The van der Waals surface area contributed by atoms with Crippen LogP contribution < -0.4 is 9.47 Å². The van der Waals surface area contributed by atoms with Crippen LogP contribution in [0, 0.1) is 0 Å². The maximum Gasteiger partial charge on any atom is 0.333 e. The average molecular weight is 519 g/mol. The van der Waals surface area contributed by atoms with Gasteiger partial charge in [0.25, 0.3) is 0 Å². The summed E-state index contributed by atoms with van der Waals surface area (Å²) < 4.78 is 21.8. The van der Waals surface area contributed by atoms with Crippen LogP contribution in [-0.4, -0.2) is 49.9 Å². The van der Waals surface area contributed by atoms with Gasteiger partial charge in [-0.3, -0.25) is 4.79 Å². The molecule has 9 nitrogen and oxygen atoms in total. The minimum absolute atomic E-state index is 0.0867. The van der Waals surface area contributed by atoms with Crippen LogP contribution in [0.5, 0.6) is 17.2 Å². The maximum atomic E-state index is 12.9. The molecule has 3 aromatic rings. The summed E-state index contributed by atoms with van der Waals surface area (Å²) in [5, 5.41) is 18.8. The summed E-state index contributed by atoms with van der Waals surface area (Å²) in [6.07, 6.45) is -0.590. The highest BCUT2D eigenvalue weighted by molar-refractivity contribution is 6.11. The number of hydrogen-bond acceptors (Lipinski definition) is 9. The number of carbonyl (C=O) groups excluding carboxylic acids is 2. The van der Waals surface area contributed by atoms with Crippen molar-refractivity contribution in [1.82, 2.24) is 0 Å². The predicted octanol–water partition coefficient (Wildman–Crippen LogP) is 5.95. The number of benzene rings is 3. The van der Waals surface area contributed by atoms with E-state index in [0.717, 1.165) is 0 Å². The van der Waals surface area contributed by atoms with Crippen LogP contribution in [0.15, 0.2) is 89.1 Å². The number of esters is 1. The molecular weight excluding hydrogens is 488 g/mol. The zero-order valence-electron chi connectivity index (χ0n) is 21.5. The molecule has 0 fully saturated rings. The second-order valence-electron chi connectivity index (χ2n) is 8.21. The molecule has 0 aliphatic carbocycles. The monoisotopic (exact) mass is 518 g/mol. The smallest absolute Gasteiger partial charge is 0.333 e. The summed E-state index contributed by atoms with van der Waals surface area (Å²) in [5.41, 5.74) is 1.61. The fourth-order valence-corrected chi connectivity index (χ4v) is 3.25. The standard InChI is InChI=1S/C29H30N2O7/c1-5-36-17-23(38-29(34)19(2)3)18-37-22-13-11-21(12-14-22)30-31-25-15-24(26(32)16-27(25)35-4)28(33)20-9-7-6-8-10-20/h6-16,23,32H,2,5,17-18H2,1,3-4H3. The highest BCUT2D eigenvalue weighted by Crippen LogP contribution is 2.36. The number of methoxy groups -OCH3 is 1. The van der Waals surface area contributed by atoms with Crippen molar-refractivity contribution in [3.63, 3.8) is 0 Å². The normalized spacial score (nSPS) is 11.7. The van der Waals surface area contributed by atoms with Gasteiger partial charge >= 0.3 is 5.97 Å². The lowest BCUT2D eigenvalue weighted by atomic mass is 10.0. The molecule has 38 heavy (non-hydrogen) atoms. The Labute approximate surface area is 221 Å². The summed E-state index contributed by atoms with van der Waals surface area (Å²) in [6, 6.07) is 18.2. The Hall–Kier alpha value is -4.50. The molecular formula is C29H30N2O7. The van der Waals surface area contributed by atoms with Crippen molar-refractivity contribution in [3.8, 4) is 17.2 Å². The van der Waals surface area contributed by atoms with Crippen molar-refractivity contribution in [1.29, 1.82) is 0 Å². The van der Waals surface area contributed by atoms with E-state index in [1.54, 1.807) is 61.5 Å². The number of hydrogen-bond donors (Lipinski definition) is 1. The number of phenols is 1. The molecule has 9 heteroatoms. The minimum Gasteiger partial charge on any atom is -0.507 e. The zero-order chi connectivity index (χ0) is 27.5. The first-order valence-corrected chi connectivity index (χ1v) is 11.9. The van der Waals surface area contributed by atoms with Crippen molar-refractivity contribution in [2.24, 2.45) is 10.2 Å². The number of azo groups is 1. The molecule has 0 aliphatic heterocycles. The van der Waals surface area contributed by atoms with Crippen molar-refractivity contribution in [2.45, 2.75) is 20.0 Å². The molecule has 0 aliphatic rings. The molecule has 1 atom stereocenters. The fraction of sp³-hybridized carbons (Fsp3) is 0.241. The molecule has 1 unspecified atom stereocenters. The Bertz CT molecular complexity index is 1290. The van der Waals surface area contributed by atoms with Crippen LogP contribution in [0.4, 0.5) is 11.4 Å². The first kappa shape index (κ1) is 28.1. The molecule has 0 spiro atoms. The predicted molar refractivity (Wildman–Crippen MR) is 142 cm³/mol. The van der Waals surface area contributed by atoms with Crippen LogP contribution in [0.2, 0.25) is 0 Å². The minimum atomic E-state index is -0.590. The van der Waals surface area contributed by atoms with Crippen LogP contribution in [0.25, 0.3) is 0 Å². The van der Waals surface area contributed by atoms with Gasteiger partial charge in [0.2, 0.25) is 0 Å². The molecule has 0 radical (unpaired) electrons. The Morgan fingerprint density at radius 1 is 1.00 bits per heavy atom. The van der Waals surface area contributed by atoms with Gasteiger partial charge < -0.3 is 24.1 Å². The number of nitrogens with zero attached hydrogens (tertiary/aromatic N) is 2. The summed E-state index contributed by atoms with van der Waals surface area (Å²) >= 11 is 0. The topological polar surface area (TPSA) is 116 Å². The third-order valence-corrected chi connectivity index (χ3v) is 5.25. The van der Waals surface area contributed by atoms with Gasteiger partial charge in [-0.05, 0) is 44.2 Å². The van der Waals surface area contributed by atoms with E-state index < -0.39 is 12.1 Å². The van der Waals surface area contributed by atoms with Gasteiger partial charge in [-0.25, -0.2) is 4.79 Å². The van der Waals surface area contributed by atoms with Crippen LogP contribution in [-0.2, 0) is 14.3 Å². The summed E-state index contributed by atoms with van der Waals surface area (Å²) in [6.45, 7) is 7.79. The zero-order valence-corrected chi connectivity index (χ0v) is 21.5. The maximum absolute atomic E-state index is 12.9. The second kappa shape index (κ2) is 13.7. The molecule has 0 aromatic heterocycles. The third-order valence-electron chi connectivity index (χ3n) is 5.25. The van der Waals surface area contributed by atoms with Gasteiger partial charge in [0.15, 0.2) is 11.9 Å². The molecule has 0 bridgehead atoms. The van der Waals surface area contributed by atoms with Gasteiger partial charge in [-0.1, -0.05) is 36.9 Å². The largest absolute Gasteiger partial charge is 0.507 e. The highest BCUT2D eigenvalue weighted by Gasteiger charge is 2.18. The Morgan fingerprint density at radius 2 is 1.71 bits per heavy atom. The van der Waals surface area contributed by atoms with Gasteiger partial charge in [-0.15, -0.1) is 5.11 Å². The second-order valence-corrected chi connectivity index (χ2v) is 8.21.